The third kappa shape index (κ3) is 4.76. The minimum Gasteiger partial charge on any atom is -0.352 e. The van der Waals surface area contributed by atoms with Crippen LogP contribution in [0.1, 0.15) is 29.6 Å². The van der Waals surface area contributed by atoms with Gasteiger partial charge in [0.2, 0.25) is 11.9 Å². The molecule has 2 N–H and O–H groups in total. The standard InChI is InChI=1S/C18H21N5O2/c24-16-7-2-11-23(16)12-4-10-19-17(25)14-5-1-6-15(13-14)22-18-20-8-3-9-21-18/h1,3,5-6,8-9,13H,2,4,7,10-12H2,(H,19,25)(H,20,21,22). The summed E-state index contributed by atoms with van der Waals surface area (Å²) >= 11 is 0. The normalized spacial score (nSPS) is 13.8. The Morgan fingerprint density at radius 3 is 2.80 bits per heavy atom. The Morgan fingerprint density at radius 2 is 2.04 bits per heavy atom. The smallest absolute Gasteiger partial charge is 0.251 e. The van der Waals surface area contributed by atoms with Gasteiger partial charge in [-0.3, -0.25) is 9.59 Å². The molecular formula is C18H21N5O2. The van der Waals surface area contributed by atoms with Crippen LogP contribution in [-0.2, 0) is 4.79 Å². The average molecular weight is 339 g/mol. The Morgan fingerprint density at radius 1 is 1.20 bits per heavy atom. The van der Waals surface area contributed by atoms with Crippen molar-refractivity contribution in [1.82, 2.24) is 20.2 Å². The number of anilines is 2. The lowest BCUT2D eigenvalue weighted by Crippen LogP contribution is -2.30. The molecule has 1 saturated heterocycles. The fourth-order valence-electron chi connectivity index (χ4n) is 2.75. The second-order valence-electron chi connectivity index (χ2n) is 5.87. The van der Waals surface area contributed by atoms with Crippen LogP contribution in [-0.4, -0.2) is 46.3 Å². The van der Waals surface area contributed by atoms with Crippen LogP contribution >= 0.6 is 0 Å². The number of benzene rings is 1. The lowest BCUT2D eigenvalue weighted by Gasteiger charge is -2.15. The predicted octanol–water partition coefficient (Wildman–Crippen LogP) is 1.96. The van der Waals surface area contributed by atoms with Crippen molar-refractivity contribution in [3.63, 3.8) is 0 Å². The zero-order valence-corrected chi connectivity index (χ0v) is 13.9. The van der Waals surface area contributed by atoms with Crippen LogP contribution in [0, 0.1) is 0 Å². The van der Waals surface area contributed by atoms with E-state index in [1.54, 1.807) is 30.6 Å². The molecule has 7 heteroatoms. The van der Waals surface area contributed by atoms with Gasteiger partial charge in [-0.15, -0.1) is 0 Å². The molecule has 2 aromatic rings. The van der Waals surface area contributed by atoms with Gasteiger partial charge in [-0.1, -0.05) is 6.07 Å². The Labute approximate surface area is 146 Å². The first kappa shape index (κ1) is 16.9. The maximum absolute atomic E-state index is 12.3. The van der Waals surface area contributed by atoms with E-state index in [1.165, 1.54) is 0 Å². The maximum atomic E-state index is 12.3. The second kappa shape index (κ2) is 8.23. The Balaban J connectivity index is 1.48. The van der Waals surface area contributed by atoms with Gasteiger partial charge in [-0.25, -0.2) is 9.97 Å². The number of aromatic nitrogens is 2. The third-order valence-corrected chi connectivity index (χ3v) is 4.01. The van der Waals surface area contributed by atoms with Crippen LogP contribution in [0.25, 0.3) is 0 Å². The van der Waals surface area contributed by atoms with Crippen LogP contribution in [0.2, 0.25) is 0 Å². The molecule has 2 amide bonds. The molecule has 0 aliphatic carbocycles. The molecule has 1 aliphatic heterocycles. The molecule has 0 saturated carbocycles. The van der Waals surface area contributed by atoms with E-state index in [9.17, 15) is 9.59 Å². The molecular weight excluding hydrogens is 318 g/mol. The maximum Gasteiger partial charge on any atom is 0.251 e. The molecule has 1 aromatic carbocycles. The summed E-state index contributed by atoms with van der Waals surface area (Å²) in [5, 5.41) is 5.95. The molecule has 3 rings (SSSR count). The van der Waals surface area contributed by atoms with Crippen LogP contribution in [0.15, 0.2) is 42.7 Å². The summed E-state index contributed by atoms with van der Waals surface area (Å²) in [5.74, 6) is 0.564. The van der Waals surface area contributed by atoms with E-state index in [0.717, 1.165) is 25.1 Å². The van der Waals surface area contributed by atoms with Crippen molar-refractivity contribution in [2.45, 2.75) is 19.3 Å². The van der Waals surface area contributed by atoms with Gasteiger partial charge in [0.1, 0.15) is 0 Å². The summed E-state index contributed by atoms with van der Waals surface area (Å²) in [5.41, 5.74) is 1.32. The molecule has 1 aliphatic rings. The average Bonchev–Trinajstić information content (AvgIpc) is 3.04. The largest absolute Gasteiger partial charge is 0.352 e. The van der Waals surface area contributed by atoms with E-state index in [0.29, 0.717) is 31.0 Å². The second-order valence-corrected chi connectivity index (χ2v) is 5.87. The molecule has 2 heterocycles. The number of carbonyl (C=O) groups excluding carboxylic acids is 2. The number of amides is 2. The third-order valence-electron chi connectivity index (χ3n) is 4.01. The Bertz CT molecular complexity index is 735. The van der Waals surface area contributed by atoms with Gasteiger partial charge >= 0.3 is 0 Å². The fourth-order valence-corrected chi connectivity index (χ4v) is 2.75. The van der Waals surface area contributed by atoms with Gasteiger partial charge in [-0.2, -0.15) is 0 Å². The van der Waals surface area contributed by atoms with Crippen molar-refractivity contribution in [2.75, 3.05) is 25.0 Å². The number of hydrogen-bond donors (Lipinski definition) is 2. The SMILES string of the molecule is O=C(NCCCN1CCCC1=O)c1cccc(Nc2ncccn2)c1. The first-order valence-electron chi connectivity index (χ1n) is 8.42. The Kier molecular flexibility index (Phi) is 5.56. The zero-order valence-electron chi connectivity index (χ0n) is 13.9. The van der Waals surface area contributed by atoms with Crippen LogP contribution in [0.4, 0.5) is 11.6 Å². The number of nitrogens with zero attached hydrogens (tertiary/aromatic N) is 3. The minimum atomic E-state index is -0.134. The number of rotatable bonds is 7. The van der Waals surface area contributed by atoms with E-state index >= 15 is 0 Å². The number of hydrogen-bond acceptors (Lipinski definition) is 5. The van der Waals surface area contributed by atoms with E-state index in [2.05, 4.69) is 20.6 Å². The number of carbonyl (C=O) groups is 2. The molecule has 7 nitrogen and oxygen atoms in total. The summed E-state index contributed by atoms with van der Waals surface area (Å²) in [6, 6.07) is 8.92. The lowest BCUT2D eigenvalue weighted by atomic mass is 10.2. The Hall–Kier alpha value is -2.96. The van der Waals surface area contributed by atoms with Gasteiger partial charge in [0, 0.05) is 49.7 Å². The molecule has 1 aromatic heterocycles. The summed E-state index contributed by atoms with van der Waals surface area (Å²) in [6.45, 7) is 2.08. The van der Waals surface area contributed by atoms with Crippen molar-refractivity contribution >= 4 is 23.5 Å². The van der Waals surface area contributed by atoms with Gasteiger partial charge in [0.15, 0.2) is 0 Å². The molecule has 0 unspecified atom stereocenters. The molecule has 130 valence electrons. The van der Waals surface area contributed by atoms with Gasteiger partial charge < -0.3 is 15.5 Å². The molecule has 0 spiro atoms. The van der Waals surface area contributed by atoms with Gasteiger partial charge in [-0.05, 0) is 37.1 Å². The summed E-state index contributed by atoms with van der Waals surface area (Å²) in [6.07, 6.45) is 5.65. The minimum absolute atomic E-state index is 0.134. The van der Waals surface area contributed by atoms with Crippen molar-refractivity contribution in [3.8, 4) is 0 Å². The van der Waals surface area contributed by atoms with Gasteiger partial charge in [0.05, 0.1) is 0 Å². The van der Waals surface area contributed by atoms with Gasteiger partial charge in [0.25, 0.3) is 5.91 Å². The highest BCUT2D eigenvalue weighted by Crippen LogP contribution is 2.14. The molecule has 0 atom stereocenters. The van der Waals surface area contributed by atoms with Crippen molar-refractivity contribution in [1.29, 1.82) is 0 Å². The van der Waals surface area contributed by atoms with Crippen molar-refractivity contribution < 1.29 is 9.59 Å². The highest BCUT2D eigenvalue weighted by molar-refractivity contribution is 5.95. The van der Waals surface area contributed by atoms with E-state index < -0.39 is 0 Å². The van der Waals surface area contributed by atoms with Crippen molar-refractivity contribution in [2.24, 2.45) is 0 Å². The highest BCUT2D eigenvalue weighted by Gasteiger charge is 2.19. The highest BCUT2D eigenvalue weighted by atomic mass is 16.2. The molecule has 25 heavy (non-hydrogen) atoms. The number of likely N-dealkylation sites (tertiary alicyclic amines) is 1. The van der Waals surface area contributed by atoms with Crippen LogP contribution in [0.5, 0.6) is 0 Å². The quantitative estimate of drug-likeness (QED) is 0.753. The fraction of sp³-hybridized carbons (Fsp3) is 0.333. The van der Waals surface area contributed by atoms with Crippen molar-refractivity contribution in [3.05, 3.63) is 48.3 Å². The first-order valence-corrected chi connectivity index (χ1v) is 8.42. The summed E-state index contributed by atoms with van der Waals surface area (Å²) in [7, 11) is 0. The molecule has 0 bridgehead atoms. The zero-order chi connectivity index (χ0) is 17.5. The topological polar surface area (TPSA) is 87.2 Å². The van der Waals surface area contributed by atoms with E-state index in [4.69, 9.17) is 0 Å². The van der Waals surface area contributed by atoms with Crippen LogP contribution in [0.3, 0.4) is 0 Å². The first-order chi connectivity index (χ1) is 12.2. The molecule has 0 radical (unpaired) electrons. The lowest BCUT2D eigenvalue weighted by molar-refractivity contribution is -0.127. The van der Waals surface area contributed by atoms with Crippen LogP contribution < -0.4 is 10.6 Å². The predicted molar refractivity (Wildman–Crippen MR) is 94.5 cm³/mol. The summed E-state index contributed by atoms with van der Waals surface area (Å²) < 4.78 is 0. The van der Waals surface area contributed by atoms with E-state index in [-0.39, 0.29) is 11.8 Å². The summed E-state index contributed by atoms with van der Waals surface area (Å²) in [4.78, 5) is 33.8. The van der Waals surface area contributed by atoms with E-state index in [1.807, 2.05) is 17.0 Å². The molecule has 1 fully saturated rings. The monoisotopic (exact) mass is 339 g/mol. The number of nitrogens with one attached hydrogen (secondary N) is 2.